The van der Waals surface area contributed by atoms with E-state index in [4.69, 9.17) is 0 Å². The minimum atomic E-state index is -3.69. The van der Waals surface area contributed by atoms with E-state index in [1.807, 2.05) is 6.92 Å². The summed E-state index contributed by atoms with van der Waals surface area (Å²) in [5.74, 6) is -0.226. The number of halogens is 1. The molecule has 0 saturated carbocycles. The Morgan fingerprint density at radius 3 is 2.33 bits per heavy atom. The Kier molecular flexibility index (Phi) is 4.93. The second-order valence-electron chi connectivity index (χ2n) is 3.96. The summed E-state index contributed by atoms with van der Waals surface area (Å²) < 4.78 is 48.4. The van der Waals surface area contributed by atoms with E-state index in [1.54, 1.807) is 12.1 Å². The van der Waals surface area contributed by atoms with Crippen molar-refractivity contribution in [1.29, 1.82) is 0 Å². The largest absolute Gasteiger partial charge is 0.241 e. The number of hydrogen-bond donors (Lipinski definition) is 1. The summed E-state index contributed by atoms with van der Waals surface area (Å²) in [4.78, 5) is 0.0987. The molecular formula is C10H14BrNO4S2. The Morgan fingerprint density at radius 1 is 1.22 bits per heavy atom. The maximum absolute atomic E-state index is 11.9. The van der Waals surface area contributed by atoms with Crippen LogP contribution in [0.3, 0.4) is 0 Å². The number of nitrogens with one attached hydrogen (secondary N) is 1. The summed E-state index contributed by atoms with van der Waals surface area (Å²) in [5, 5.41) is 0. The molecule has 0 aliphatic carbocycles. The molecular weight excluding hydrogens is 342 g/mol. The Labute approximate surface area is 116 Å². The molecule has 0 heterocycles. The SMILES string of the molecule is Cc1ccc(S(=O)(=O)NCCS(C)(=O)=O)c(Br)c1. The Balaban J connectivity index is 2.87. The van der Waals surface area contributed by atoms with Crippen LogP contribution in [0.1, 0.15) is 5.56 Å². The summed E-state index contributed by atoms with van der Waals surface area (Å²) in [7, 11) is -6.88. The zero-order valence-corrected chi connectivity index (χ0v) is 13.2. The molecule has 0 unspecified atom stereocenters. The molecule has 1 aromatic carbocycles. The van der Waals surface area contributed by atoms with Gasteiger partial charge in [0.15, 0.2) is 0 Å². The number of aryl methyl sites for hydroxylation is 1. The average molecular weight is 356 g/mol. The van der Waals surface area contributed by atoms with Crippen molar-refractivity contribution >= 4 is 35.8 Å². The Hall–Kier alpha value is -0.440. The third kappa shape index (κ3) is 4.68. The number of benzene rings is 1. The monoisotopic (exact) mass is 355 g/mol. The molecule has 18 heavy (non-hydrogen) atoms. The Bertz CT molecular complexity index is 638. The van der Waals surface area contributed by atoms with Crippen molar-refractivity contribution in [3.63, 3.8) is 0 Å². The van der Waals surface area contributed by atoms with E-state index in [2.05, 4.69) is 20.7 Å². The molecule has 102 valence electrons. The van der Waals surface area contributed by atoms with E-state index in [0.717, 1.165) is 11.8 Å². The van der Waals surface area contributed by atoms with Gasteiger partial charge in [0.1, 0.15) is 9.84 Å². The maximum Gasteiger partial charge on any atom is 0.241 e. The van der Waals surface area contributed by atoms with Gasteiger partial charge in [0.2, 0.25) is 10.0 Å². The topological polar surface area (TPSA) is 80.3 Å². The molecule has 0 radical (unpaired) electrons. The molecule has 0 spiro atoms. The van der Waals surface area contributed by atoms with Crippen LogP contribution in [0.15, 0.2) is 27.6 Å². The fourth-order valence-corrected chi connectivity index (χ4v) is 4.09. The van der Waals surface area contributed by atoms with Crippen molar-refractivity contribution in [2.24, 2.45) is 0 Å². The van der Waals surface area contributed by atoms with Gasteiger partial charge in [0.05, 0.1) is 10.6 Å². The van der Waals surface area contributed by atoms with Crippen LogP contribution in [0.25, 0.3) is 0 Å². The number of rotatable bonds is 5. The average Bonchev–Trinajstić information content (AvgIpc) is 2.13. The van der Waals surface area contributed by atoms with Crippen molar-refractivity contribution in [2.45, 2.75) is 11.8 Å². The normalized spacial score (nSPS) is 12.6. The van der Waals surface area contributed by atoms with Gasteiger partial charge < -0.3 is 0 Å². The summed E-state index contributed by atoms with van der Waals surface area (Å²) >= 11 is 3.18. The predicted molar refractivity (Wildman–Crippen MR) is 73.8 cm³/mol. The van der Waals surface area contributed by atoms with Crippen molar-refractivity contribution in [1.82, 2.24) is 4.72 Å². The van der Waals surface area contributed by atoms with E-state index in [0.29, 0.717) is 4.47 Å². The molecule has 1 aromatic rings. The molecule has 0 saturated heterocycles. The standard InChI is InChI=1S/C10H14BrNO4S2/c1-8-3-4-10(9(11)7-8)18(15,16)12-5-6-17(2,13)14/h3-4,7,12H,5-6H2,1-2H3. The summed E-state index contributed by atoms with van der Waals surface area (Å²) in [5.41, 5.74) is 0.928. The van der Waals surface area contributed by atoms with Gasteiger partial charge in [-0.15, -0.1) is 0 Å². The fourth-order valence-electron chi connectivity index (χ4n) is 1.26. The quantitative estimate of drug-likeness (QED) is 0.856. The van der Waals surface area contributed by atoms with Gasteiger partial charge in [-0.2, -0.15) is 0 Å². The zero-order chi connectivity index (χ0) is 14.0. The van der Waals surface area contributed by atoms with E-state index >= 15 is 0 Å². The van der Waals surface area contributed by atoms with Crippen LogP contribution >= 0.6 is 15.9 Å². The van der Waals surface area contributed by atoms with Crippen LogP contribution in [0.4, 0.5) is 0 Å². The minimum absolute atomic E-state index is 0.0987. The van der Waals surface area contributed by atoms with Crippen LogP contribution in [0.5, 0.6) is 0 Å². The molecule has 0 aliphatic heterocycles. The van der Waals surface area contributed by atoms with E-state index in [9.17, 15) is 16.8 Å². The first-order valence-electron chi connectivity index (χ1n) is 5.05. The first kappa shape index (κ1) is 15.6. The van der Waals surface area contributed by atoms with Gasteiger partial charge >= 0.3 is 0 Å². The van der Waals surface area contributed by atoms with Crippen LogP contribution in [-0.2, 0) is 19.9 Å². The molecule has 0 fully saturated rings. The van der Waals surface area contributed by atoms with E-state index < -0.39 is 19.9 Å². The Morgan fingerprint density at radius 2 is 1.83 bits per heavy atom. The highest BCUT2D eigenvalue weighted by Gasteiger charge is 2.17. The second kappa shape index (κ2) is 5.68. The molecule has 0 aromatic heterocycles. The summed E-state index contributed by atoms with van der Waals surface area (Å²) in [6, 6.07) is 4.84. The number of sulfone groups is 1. The van der Waals surface area contributed by atoms with Gasteiger partial charge in [-0.1, -0.05) is 6.07 Å². The summed E-state index contributed by atoms with van der Waals surface area (Å²) in [6.07, 6.45) is 1.06. The lowest BCUT2D eigenvalue weighted by Gasteiger charge is -2.08. The molecule has 5 nitrogen and oxygen atoms in total. The zero-order valence-electron chi connectivity index (χ0n) is 9.97. The van der Waals surface area contributed by atoms with E-state index in [1.165, 1.54) is 6.07 Å². The highest BCUT2D eigenvalue weighted by Crippen LogP contribution is 2.22. The molecule has 0 atom stereocenters. The molecule has 0 amide bonds. The van der Waals surface area contributed by atoms with Gasteiger partial charge in [-0.3, -0.25) is 0 Å². The van der Waals surface area contributed by atoms with Gasteiger partial charge in [0.25, 0.3) is 0 Å². The molecule has 8 heteroatoms. The number of hydrogen-bond acceptors (Lipinski definition) is 4. The minimum Gasteiger partial charge on any atom is -0.229 e. The highest BCUT2D eigenvalue weighted by atomic mass is 79.9. The van der Waals surface area contributed by atoms with E-state index in [-0.39, 0.29) is 17.2 Å². The third-order valence-corrected chi connectivity index (χ3v) is 5.53. The molecule has 1 rings (SSSR count). The van der Waals surface area contributed by atoms with Gasteiger partial charge in [-0.25, -0.2) is 21.6 Å². The molecule has 0 bridgehead atoms. The highest BCUT2D eigenvalue weighted by molar-refractivity contribution is 9.10. The number of sulfonamides is 1. The second-order valence-corrected chi connectivity index (χ2v) is 8.81. The van der Waals surface area contributed by atoms with Gasteiger partial charge in [0, 0.05) is 17.3 Å². The van der Waals surface area contributed by atoms with Crippen molar-refractivity contribution in [3.05, 3.63) is 28.2 Å². The van der Waals surface area contributed by atoms with Crippen LogP contribution < -0.4 is 4.72 Å². The van der Waals surface area contributed by atoms with Crippen molar-refractivity contribution < 1.29 is 16.8 Å². The molecule has 0 aliphatic rings. The van der Waals surface area contributed by atoms with Gasteiger partial charge in [-0.05, 0) is 40.5 Å². The third-order valence-electron chi connectivity index (χ3n) is 2.14. The van der Waals surface area contributed by atoms with Crippen LogP contribution in [-0.4, -0.2) is 35.4 Å². The first-order valence-corrected chi connectivity index (χ1v) is 9.39. The summed E-state index contributed by atoms with van der Waals surface area (Å²) in [6.45, 7) is 1.71. The van der Waals surface area contributed by atoms with Crippen LogP contribution in [0, 0.1) is 6.92 Å². The van der Waals surface area contributed by atoms with Crippen LogP contribution in [0.2, 0.25) is 0 Å². The lowest BCUT2D eigenvalue weighted by Crippen LogP contribution is -2.29. The maximum atomic E-state index is 11.9. The lowest BCUT2D eigenvalue weighted by molar-refractivity contribution is 0.581. The first-order chi connectivity index (χ1) is 8.12. The lowest BCUT2D eigenvalue weighted by atomic mass is 10.2. The van der Waals surface area contributed by atoms with Crippen molar-refractivity contribution in [2.75, 3.05) is 18.6 Å². The van der Waals surface area contributed by atoms with Crippen molar-refractivity contribution in [3.8, 4) is 0 Å². The smallest absolute Gasteiger partial charge is 0.229 e. The fraction of sp³-hybridized carbons (Fsp3) is 0.400. The predicted octanol–water partition coefficient (Wildman–Crippen LogP) is 1.08. The molecule has 1 N–H and O–H groups in total.